The summed E-state index contributed by atoms with van der Waals surface area (Å²) in [6.07, 6.45) is 1.58. The molecule has 0 fully saturated rings. The van der Waals surface area contributed by atoms with Crippen LogP contribution in [0.3, 0.4) is 0 Å². The van der Waals surface area contributed by atoms with Crippen molar-refractivity contribution in [3.8, 4) is 11.1 Å². The molecule has 0 saturated heterocycles. The van der Waals surface area contributed by atoms with Gasteiger partial charge in [-0.2, -0.15) is 5.10 Å². The Hall–Kier alpha value is -2.62. The van der Waals surface area contributed by atoms with Crippen LogP contribution in [-0.4, -0.2) is 0 Å². The molecule has 1 heterocycles. The molecule has 0 atom stereocenters. The van der Waals surface area contributed by atoms with Gasteiger partial charge >= 0.3 is 0 Å². The van der Waals surface area contributed by atoms with E-state index in [-0.39, 0.29) is 5.82 Å². The van der Waals surface area contributed by atoms with Gasteiger partial charge in [-0.25, -0.2) is 4.39 Å². The average Bonchev–Trinajstić information content (AvgIpc) is 2.46. The number of hydrogen-bond donors (Lipinski definition) is 1. The summed E-state index contributed by atoms with van der Waals surface area (Å²) in [5.74, 6) is 5.12. The number of nitrogens with zero attached hydrogens (tertiary/aromatic N) is 1. The Labute approximate surface area is 108 Å². The fourth-order valence-corrected chi connectivity index (χ4v) is 2.07. The van der Waals surface area contributed by atoms with Gasteiger partial charge in [0.05, 0.1) is 0 Å². The summed E-state index contributed by atoms with van der Waals surface area (Å²) in [6.45, 7) is 0. The summed E-state index contributed by atoms with van der Waals surface area (Å²) in [7, 11) is 0. The highest BCUT2D eigenvalue weighted by atomic mass is 19.1. The van der Waals surface area contributed by atoms with E-state index in [9.17, 15) is 4.39 Å². The van der Waals surface area contributed by atoms with Crippen LogP contribution >= 0.6 is 0 Å². The van der Waals surface area contributed by atoms with Crippen LogP contribution in [0.15, 0.2) is 64.3 Å². The van der Waals surface area contributed by atoms with Crippen molar-refractivity contribution in [1.29, 1.82) is 0 Å². The number of rotatable bonds is 1. The van der Waals surface area contributed by atoms with Gasteiger partial charge in [-0.1, -0.05) is 30.3 Å². The topological polar surface area (TPSA) is 51.5 Å². The van der Waals surface area contributed by atoms with Crippen molar-refractivity contribution >= 4 is 11.0 Å². The van der Waals surface area contributed by atoms with Gasteiger partial charge in [0.1, 0.15) is 23.0 Å². The lowest BCUT2D eigenvalue weighted by Crippen LogP contribution is -2.10. The van der Waals surface area contributed by atoms with Crippen molar-refractivity contribution in [1.82, 2.24) is 0 Å². The normalized spacial score (nSPS) is 11.9. The van der Waals surface area contributed by atoms with E-state index in [2.05, 4.69) is 5.10 Å². The Kier molecular flexibility index (Phi) is 2.76. The van der Waals surface area contributed by atoms with E-state index >= 15 is 0 Å². The molecule has 2 aromatic carbocycles. The van der Waals surface area contributed by atoms with Gasteiger partial charge in [-0.3, -0.25) is 0 Å². The molecule has 0 aliphatic heterocycles. The molecule has 19 heavy (non-hydrogen) atoms. The van der Waals surface area contributed by atoms with Crippen molar-refractivity contribution < 1.29 is 8.81 Å². The number of fused-ring (bicyclic) bond motifs is 1. The molecule has 94 valence electrons. The first-order valence-corrected chi connectivity index (χ1v) is 5.80. The maximum absolute atomic E-state index is 13.4. The highest BCUT2D eigenvalue weighted by molar-refractivity contribution is 5.81. The summed E-state index contributed by atoms with van der Waals surface area (Å²) >= 11 is 0. The molecule has 0 unspecified atom stereocenters. The van der Waals surface area contributed by atoms with Crippen molar-refractivity contribution in [2.24, 2.45) is 10.9 Å². The molecular weight excluding hydrogens is 243 g/mol. The molecule has 4 heteroatoms. The zero-order valence-electron chi connectivity index (χ0n) is 10.0. The van der Waals surface area contributed by atoms with Crippen LogP contribution in [0.25, 0.3) is 22.1 Å². The second-order valence-corrected chi connectivity index (χ2v) is 4.13. The first kappa shape index (κ1) is 11.5. The smallest absolute Gasteiger partial charge is 0.136 e. The number of hydrogen-bond acceptors (Lipinski definition) is 3. The van der Waals surface area contributed by atoms with Crippen LogP contribution in [0.5, 0.6) is 0 Å². The standard InChI is InChI=1S/C15H11FN2O/c16-11-6-7-14-12(8-11)15(18-17)13(9-19-14)10-4-2-1-3-5-10/h1-9H,17H2. The van der Waals surface area contributed by atoms with Crippen LogP contribution < -0.4 is 11.2 Å². The molecular formula is C15H11FN2O. The van der Waals surface area contributed by atoms with Crippen molar-refractivity contribution in [2.75, 3.05) is 0 Å². The SMILES string of the molecule is NN=c1c(-c2ccccc2)coc2ccc(F)cc12. The fourth-order valence-electron chi connectivity index (χ4n) is 2.07. The predicted octanol–water partition coefficient (Wildman–Crippen LogP) is 3.01. The molecule has 2 N–H and O–H groups in total. The summed E-state index contributed by atoms with van der Waals surface area (Å²) < 4.78 is 18.9. The third-order valence-electron chi connectivity index (χ3n) is 2.97. The highest BCUT2D eigenvalue weighted by Gasteiger charge is 2.08. The highest BCUT2D eigenvalue weighted by Crippen LogP contribution is 2.20. The zero-order chi connectivity index (χ0) is 13.2. The number of benzene rings is 2. The van der Waals surface area contributed by atoms with Crippen LogP contribution in [0.2, 0.25) is 0 Å². The van der Waals surface area contributed by atoms with Gasteiger partial charge in [0, 0.05) is 10.9 Å². The second kappa shape index (κ2) is 4.57. The Morgan fingerprint density at radius 1 is 1.05 bits per heavy atom. The molecule has 0 saturated carbocycles. The molecule has 3 nitrogen and oxygen atoms in total. The molecule has 0 aliphatic rings. The molecule has 0 radical (unpaired) electrons. The van der Waals surface area contributed by atoms with Crippen molar-refractivity contribution in [2.45, 2.75) is 0 Å². The van der Waals surface area contributed by atoms with Crippen molar-refractivity contribution in [3.05, 3.63) is 66.0 Å². The second-order valence-electron chi connectivity index (χ2n) is 4.13. The quantitative estimate of drug-likeness (QED) is 0.536. The van der Waals surface area contributed by atoms with Gasteiger partial charge in [0.15, 0.2) is 0 Å². The molecule has 1 aromatic heterocycles. The van der Waals surface area contributed by atoms with Gasteiger partial charge in [-0.15, -0.1) is 0 Å². The van der Waals surface area contributed by atoms with Gasteiger partial charge in [0.2, 0.25) is 0 Å². The lowest BCUT2D eigenvalue weighted by Gasteiger charge is -2.04. The van der Waals surface area contributed by atoms with E-state index in [0.29, 0.717) is 16.3 Å². The van der Waals surface area contributed by atoms with E-state index in [4.69, 9.17) is 10.3 Å². The predicted molar refractivity (Wildman–Crippen MR) is 71.4 cm³/mol. The lowest BCUT2D eigenvalue weighted by atomic mass is 10.1. The minimum absolute atomic E-state index is 0.349. The maximum atomic E-state index is 13.4. The fraction of sp³-hybridized carbons (Fsp3) is 0. The molecule has 0 aliphatic carbocycles. The Morgan fingerprint density at radius 3 is 2.58 bits per heavy atom. The summed E-state index contributed by atoms with van der Waals surface area (Å²) in [4.78, 5) is 0. The van der Waals surface area contributed by atoms with Gasteiger partial charge < -0.3 is 10.3 Å². The minimum Gasteiger partial charge on any atom is -0.464 e. The van der Waals surface area contributed by atoms with Crippen molar-refractivity contribution in [3.63, 3.8) is 0 Å². The van der Waals surface area contributed by atoms with Crippen LogP contribution in [-0.2, 0) is 0 Å². The Balaban J connectivity index is 2.39. The number of nitrogens with two attached hydrogens (primary N) is 1. The van der Waals surface area contributed by atoms with E-state index in [1.165, 1.54) is 12.1 Å². The third-order valence-corrected chi connectivity index (χ3v) is 2.97. The van der Waals surface area contributed by atoms with E-state index in [0.717, 1.165) is 11.1 Å². The first-order valence-electron chi connectivity index (χ1n) is 5.80. The number of halogens is 1. The van der Waals surface area contributed by atoms with Gasteiger partial charge in [0.25, 0.3) is 0 Å². The zero-order valence-corrected chi connectivity index (χ0v) is 10.0. The van der Waals surface area contributed by atoms with Gasteiger partial charge in [-0.05, 0) is 23.8 Å². The van der Waals surface area contributed by atoms with Crippen LogP contribution in [0.4, 0.5) is 4.39 Å². The third kappa shape index (κ3) is 1.97. The Morgan fingerprint density at radius 2 is 1.84 bits per heavy atom. The first-order chi connectivity index (χ1) is 9.29. The van der Waals surface area contributed by atoms with E-state index in [1.54, 1.807) is 12.3 Å². The van der Waals surface area contributed by atoms with E-state index in [1.807, 2.05) is 30.3 Å². The minimum atomic E-state index is -0.349. The molecule has 0 spiro atoms. The molecule has 0 amide bonds. The summed E-state index contributed by atoms with van der Waals surface area (Å²) in [5, 5.41) is 4.87. The average molecular weight is 254 g/mol. The summed E-state index contributed by atoms with van der Waals surface area (Å²) in [5.41, 5.74) is 2.20. The van der Waals surface area contributed by atoms with Crippen LogP contribution in [0, 0.1) is 5.82 Å². The van der Waals surface area contributed by atoms with Crippen LogP contribution in [0.1, 0.15) is 0 Å². The van der Waals surface area contributed by atoms with E-state index < -0.39 is 0 Å². The largest absolute Gasteiger partial charge is 0.464 e. The molecule has 3 rings (SSSR count). The Bertz CT molecular complexity index is 794. The monoisotopic (exact) mass is 254 g/mol. The maximum Gasteiger partial charge on any atom is 0.136 e. The molecule has 3 aromatic rings. The lowest BCUT2D eigenvalue weighted by molar-refractivity contribution is 0.597. The molecule has 0 bridgehead atoms. The summed E-state index contributed by atoms with van der Waals surface area (Å²) in [6, 6.07) is 13.9.